The summed E-state index contributed by atoms with van der Waals surface area (Å²) in [4.78, 5) is 0. The van der Waals surface area contributed by atoms with Gasteiger partial charge in [-0.05, 0) is 23.5 Å². The SMILES string of the molecule is FN(F)c1cccc(N(F)C(F)(F)F)c1. The van der Waals surface area contributed by atoms with Crippen LogP contribution in [0.4, 0.5) is 38.0 Å². The first kappa shape index (κ1) is 11.5. The lowest BCUT2D eigenvalue weighted by Gasteiger charge is -2.17. The number of benzene rings is 1. The lowest BCUT2D eigenvalue weighted by atomic mass is 10.3. The number of nitrogens with zero attached hydrogens (tertiary/aromatic N) is 2. The van der Waals surface area contributed by atoms with Gasteiger partial charge in [0.15, 0.2) is 0 Å². The zero-order valence-corrected chi connectivity index (χ0v) is 6.97. The van der Waals surface area contributed by atoms with Crippen LogP contribution in [-0.2, 0) is 0 Å². The second kappa shape index (κ2) is 3.87. The molecule has 0 N–H and O–H groups in total. The van der Waals surface area contributed by atoms with E-state index in [0.717, 1.165) is 18.2 Å². The van der Waals surface area contributed by atoms with E-state index in [0.29, 0.717) is 6.07 Å². The molecule has 0 atom stereocenters. The van der Waals surface area contributed by atoms with Gasteiger partial charge in [0.1, 0.15) is 5.69 Å². The summed E-state index contributed by atoms with van der Waals surface area (Å²) in [6, 6.07) is 2.82. The smallest absolute Gasteiger partial charge is 0.148 e. The Labute approximate surface area is 80.1 Å². The van der Waals surface area contributed by atoms with Crippen LogP contribution in [-0.4, -0.2) is 6.30 Å². The average Bonchev–Trinajstić information content (AvgIpc) is 2.15. The van der Waals surface area contributed by atoms with E-state index in [1.807, 2.05) is 0 Å². The lowest BCUT2D eigenvalue weighted by molar-refractivity contribution is -0.157. The second-order valence-corrected chi connectivity index (χ2v) is 2.50. The fourth-order valence-electron chi connectivity index (χ4n) is 0.867. The monoisotopic (exact) mass is 230 g/mol. The van der Waals surface area contributed by atoms with Crippen LogP contribution in [0.1, 0.15) is 0 Å². The van der Waals surface area contributed by atoms with Gasteiger partial charge in [-0.2, -0.15) is 0 Å². The van der Waals surface area contributed by atoms with Crippen LogP contribution >= 0.6 is 0 Å². The quantitative estimate of drug-likeness (QED) is 0.436. The van der Waals surface area contributed by atoms with Crippen molar-refractivity contribution in [3.05, 3.63) is 24.3 Å². The highest BCUT2D eigenvalue weighted by molar-refractivity contribution is 5.56. The number of alkyl halides is 3. The van der Waals surface area contributed by atoms with E-state index in [9.17, 15) is 26.6 Å². The van der Waals surface area contributed by atoms with Crippen LogP contribution in [0.25, 0.3) is 0 Å². The minimum absolute atomic E-state index is 0.369. The number of rotatable bonds is 2. The molecule has 84 valence electrons. The predicted octanol–water partition coefficient (Wildman–Crippen LogP) is 3.47. The third kappa shape index (κ3) is 2.67. The Morgan fingerprint density at radius 1 is 0.933 bits per heavy atom. The molecule has 1 aromatic carbocycles. The Hall–Kier alpha value is -1.60. The minimum Gasteiger partial charge on any atom is -0.148 e. The van der Waals surface area contributed by atoms with Gasteiger partial charge in [-0.25, -0.2) is 0 Å². The van der Waals surface area contributed by atoms with Crippen molar-refractivity contribution in [2.24, 2.45) is 0 Å². The van der Waals surface area contributed by atoms with Crippen LogP contribution in [0.15, 0.2) is 24.3 Å². The Kier molecular flexibility index (Phi) is 2.96. The molecule has 0 spiro atoms. The standard InChI is InChI=1S/C7H4F6N2/c8-7(9,10)14(11)5-2-1-3-6(4-5)15(12)13/h1-4H. The van der Waals surface area contributed by atoms with Crippen molar-refractivity contribution in [2.75, 3.05) is 10.5 Å². The highest BCUT2D eigenvalue weighted by atomic mass is 19.4. The molecule has 0 fully saturated rings. The van der Waals surface area contributed by atoms with E-state index in [-0.39, 0.29) is 0 Å². The van der Waals surface area contributed by atoms with Crippen LogP contribution < -0.4 is 10.5 Å². The predicted molar refractivity (Wildman–Crippen MR) is 40.8 cm³/mol. The number of hydrogen-bond donors (Lipinski definition) is 0. The molecule has 2 nitrogen and oxygen atoms in total. The minimum atomic E-state index is -5.25. The summed E-state index contributed by atoms with van der Waals surface area (Å²) in [5.41, 5.74) is -1.85. The summed E-state index contributed by atoms with van der Waals surface area (Å²) >= 11 is 0. The molecule has 8 heteroatoms. The van der Waals surface area contributed by atoms with E-state index >= 15 is 0 Å². The Bertz CT molecular complexity index is 336. The molecule has 0 bridgehead atoms. The molecule has 0 radical (unpaired) electrons. The Morgan fingerprint density at radius 3 is 1.93 bits per heavy atom. The maximum Gasteiger partial charge on any atom is 0.512 e. The highest BCUT2D eigenvalue weighted by Gasteiger charge is 2.38. The fourth-order valence-corrected chi connectivity index (χ4v) is 0.867. The molecule has 0 aromatic heterocycles. The van der Waals surface area contributed by atoms with Gasteiger partial charge in [-0.15, -0.1) is 18.3 Å². The van der Waals surface area contributed by atoms with Crippen molar-refractivity contribution < 1.29 is 26.6 Å². The first-order valence-corrected chi connectivity index (χ1v) is 3.57. The molecular weight excluding hydrogens is 226 g/mol. The molecule has 0 unspecified atom stereocenters. The van der Waals surface area contributed by atoms with Crippen LogP contribution in [0.5, 0.6) is 0 Å². The van der Waals surface area contributed by atoms with Crippen molar-refractivity contribution in [3.63, 3.8) is 0 Å². The van der Waals surface area contributed by atoms with Gasteiger partial charge < -0.3 is 0 Å². The van der Waals surface area contributed by atoms with Crippen LogP contribution in [0, 0.1) is 0 Å². The zero-order valence-electron chi connectivity index (χ0n) is 6.97. The van der Waals surface area contributed by atoms with E-state index < -0.39 is 28.1 Å². The summed E-state index contributed by atoms with van der Waals surface area (Å²) in [5, 5.41) is -2.95. The number of hydrogen-bond acceptors (Lipinski definition) is 2. The summed E-state index contributed by atoms with van der Waals surface area (Å²) < 4.78 is 71.8. The van der Waals surface area contributed by atoms with Gasteiger partial charge in [0.05, 0.1) is 5.69 Å². The van der Waals surface area contributed by atoms with Crippen molar-refractivity contribution >= 4 is 11.4 Å². The van der Waals surface area contributed by atoms with Crippen molar-refractivity contribution in [3.8, 4) is 0 Å². The van der Waals surface area contributed by atoms with Crippen LogP contribution in [0.2, 0.25) is 0 Å². The maximum absolute atomic E-state index is 12.5. The van der Waals surface area contributed by atoms with Gasteiger partial charge in [0, 0.05) is 0 Å². The summed E-state index contributed by atoms with van der Waals surface area (Å²) in [6.45, 7) is 0. The topological polar surface area (TPSA) is 6.48 Å². The first-order valence-electron chi connectivity index (χ1n) is 3.57. The largest absolute Gasteiger partial charge is 0.512 e. The molecule has 1 aromatic rings. The number of anilines is 2. The normalized spacial score (nSPS) is 11.3. The van der Waals surface area contributed by atoms with E-state index in [1.165, 1.54) is 0 Å². The van der Waals surface area contributed by atoms with Gasteiger partial charge in [0.25, 0.3) is 0 Å². The molecule has 0 saturated heterocycles. The summed E-state index contributed by atoms with van der Waals surface area (Å²) in [7, 11) is 0. The first-order chi connectivity index (χ1) is 6.82. The van der Waals surface area contributed by atoms with Crippen molar-refractivity contribution in [1.29, 1.82) is 0 Å². The Morgan fingerprint density at radius 2 is 1.47 bits per heavy atom. The van der Waals surface area contributed by atoms with Crippen molar-refractivity contribution in [1.82, 2.24) is 0 Å². The van der Waals surface area contributed by atoms with Gasteiger partial charge in [-0.1, -0.05) is 19.5 Å². The lowest BCUT2D eigenvalue weighted by Crippen LogP contribution is -2.30. The fraction of sp³-hybridized carbons (Fsp3) is 0.143. The zero-order chi connectivity index (χ0) is 11.6. The molecule has 0 saturated carbocycles. The maximum atomic E-state index is 12.5. The van der Waals surface area contributed by atoms with E-state index in [4.69, 9.17) is 0 Å². The van der Waals surface area contributed by atoms with Crippen LogP contribution in [0.3, 0.4) is 0 Å². The third-order valence-electron chi connectivity index (χ3n) is 1.47. The summed E-state index contributed by atoms with van der Waals surface area (Å²) in [5.74, 6) is 0. The molecule has 0 amide bonds. The van der Waals surface area contributed by atoms with Crippen molar-refractivity contribution in [2.45, 2.75) is 6.30 Å². The molecule has 1 rings (SSSR count). The van der Waals surface area contributed by atoms with Gasteiger partial charge in [0.2, 0.25) is 0 Å². The molecule has 0 aliphatic rings. The van der Waals surface area contributed by atoms with Gasteiger partial charge in [-0.3, -0.25) is 0 Å². The molecule has 0 aliphatic carbocycles. The third-order valence-corrected chi connectivity index (χ3v) is 1.47. The van der Waals surface area contributed by atoms with E-state index in [1.54, 1.807) is 0 Å². The number of halogens is 6. The average molecular weight is 230 g/mol. The molecule has 0 aliphatic heterocycles. The summed E-state index contributed by atoms with van der Waals surface area (Å²) in [6.07, 6.45) is -5.25. The van der Waals surface area contributed by atoms with E-state index in [2.05, 4.69) is 0 Å². The molecule has 0 heterocycles. The molecule has 15 heavy (non-hydrogen) atoms. The Balaban J connectivity index is 3.00. The molecular formula is C7H4F6N2. The second-order valence-electron chi connectivity index (χ2n) is 2.50. The van der Waals surface area contributed by atoms with Gasteiger partial charge >= 0.3 is 6.30 Å². The highest BCUT2D eigenvalue weighted by Crippen LogP contribution is 2.31.